The van der Waals surface area contributed by atoms with E-state index in [4.69, 9.17) is 14.5 Å². The van der Waals surface area contributed by atoms with E-state index in [1.165, 1.54) is 0 Å². The Morgan fingerprint density at radius 2 is 1.73 bits per heavy atom. The van der Waals surface area contributed by atoms with Gasteiger partial charge in [0.2, 0.25) is 0 Å². The van der Waals surface area contributed by atoms with Crippen molar-refractivity contribution in [1.82, 2.24) is 18.9 Å². The van der Waals surface area contributed by atoms with E-state index >= 15 is 0 Å². The standard InChI is InChI=1S/C26H28N4O2Si/c1-33(2,3)18-17-31-19-30-24-9-5-4-8-23(24)28-26(30)32-21-12-10-20(11-13-21)22-7-6-15-29-16-14-27-25(22)29/h4-16H,17-19H2,1-3H3. The highest BCUT2D eigenvalue weighted by atomic mass is 28.3. The summed E-state index contributed by atoms with van der Waals surface area (Å²) in [4.78, 5) is 9.18. The van der Waals surface area contributed by atoms with Crippen molar-refractivity contribution in [2.24, 2.45) is 0 Å². The molecular weight excluding hydrogens is 428 g/mol. The minimum Gasteiger partial charge on any atom is -0.425 e. The van der Waals surface area contributed by atoms with Crippen LogP contribution < -0.4 is 4.74 Å². The van der Waals surface area contributed by atoms with E-state index in [9.17, 15) is 0 Å². The molecule has 0 amide bonds. The van der Waals surface area contributed by atoms with Crippen molar-refractivity contribution in [3.05, 3.63) is 79.3 Å². The number of benzene rings is 2. The quantitative estimate of drug-likeness (QED) is 0.199. The number of para-hydroxylation sites is 2. The molecule has 7 heteroatoms. The Hall–Kier alpha value is -3.42. The van der Waals surface area contributed by atoms with E-state index in [0.29, 0.717) is 12.7 Å². The lowest BCUT2D eigenvalue weighted by atomic mass is 10.1. The molecule has 3 aromatic heterocycles. The number of pyridine rings is 1. The zero-order valence-corrected chi connectivity index (χ0v) is 20.2. The summed E-state index contributed by atoms with van der Waals surface area (Å²) >= 11 is 0. The van der Waals surface area contributed by atoms with E-state index in [1.807, 2.05) is 70.0 Å². The normalized spacial score (nSPS) is 12.0. The molecule has 33 heavy (non-hydrogen) atoms. The zero-order valence-electron chi connectivity index (χ0n) is 19.2. The molecule has 0 atom stereocenters. The Labute approximate surface area is 194 Å². The maximum Gasteiger partial charge on any atom is 0.304 e. The molecule has 168 valence electrons. The fourth-order valence-electron chi connectivity index (χ4n) is 3.77. The maximum absolute atomic E-state index is 6.22. The van der Waals surface area contributed by atoms with Gasteiger partial charge in [0.25, 0.3) is 0 Å². The lowest BCUT2D eigenvalue weighted by molar-refractivity contribution is 0.0850. The first kappa shape index (κ1) is 21.4. The van der Waals surface area contributed by atoms with Crippen LogP contribution in [0.5, 0.6) is 11.8 Å². The van der Waals surface area contributed by atoms with E-state index in [1.54, 1.807) is 0 Å². The Kier molecular flexibility index (Phi) is 5.74. The second-order valence-corrected chi connectivity index (χ2v) is 15.0. The molecule has 0 spiro atoms. The third-order valence-electron chi connectivity index (χ3n) is 5.63. The van der Waals surface area contributed by atoms with Crippen LogP contribution >= 0.6 is 0 Å². The lowest BCUT2D eigenvalue weighted by Gasteiger charge is -2.16. The first-order valence-corrected chi connectivity index (χ1v) is 14.9. The number of hydrogen-bond donors (Lipinski definition) is 0. The molecule has 0 aliphatic heterocycles. The fraction of sp³-hybridized carbons (Fsp3) is 0.231. The summed E-state index contributed by atoms with van der Waals surface area (Å²) in [5.41, 5.74) is 5.00. The van der Waals surface area contributed by atoms with Crippen LogP contribution in [0.25, 0.3) is 27.8 Å². The van der Waals surface area contributed by atoms with Crippen molar-refractivity contribution in [3.63, 3.8) is 0 Å². The average molecular weight is 457 g/mol. The van der Waals surface area contributed by atoms with Crippen LogP contribution in [0.4, 0.5) is 0 Å². The van der Waals surface area contributed by atoms with Crippen molar-refractivity contribution < 1.29 is 9.47 Å². The smallest absolute Gasteiger partial charge is 0.304 e. The minimum absolute atomic E-state index is 0.417. The molecule has 3 heterocycles. The van der Waals surface area contributed by atoms with Gasteiger partial charge in [0.1, 0.15) is 18.1 Å². The van der Waals surface area contributed by atoms with Gasteiger partial charge in [-0.1, -0.05) is 43.9 Å². The van der Waals surface area contributed by atoms with Gasteiger partial charge in [-0.3, -0.25) is 4.57 Å². The highest BCUT2D eigenvalue weighted by molar-refractivity contribution is 6.76. The summed E-state index contributed by atoms with van der Waals surface area (Å²) in [5.74, 6) is 0.729. The third kappa shape index (κ3) is 4.69. The van der Waals surface area contributed by atoms with Gasteiger partial charge in [0.05, 0.1) is 11.0 Å². The molecule has 0 N–H and O–H groups in total. The van der Waals surface area contributed by atoms with E-state index in [2.05, 4.69) is 42.8 Å². The van der Waals surface area contributed by atoms with Gasteiger partial charge in [-0.2, -0.15) is 4.98 Å². The Bertz CT molecular complexity index is 1380. The number of imidazole rings is 2. The first-order chi connectivity index (χ1) is 16.0. The molecule has 0 radical (unpaired) electrons. The van der Waals surface area contributed by atoms with Crippen LogP contribution in [0.1, 0.15) is 0 Å². The summed E-state index contributed by atoms with van der Waals surface area (Å²) in [6, 6.07) is 21.8. The topological polar surface area (TPSA) is 53.6 Å². The van der Waals surface area contributed by atoms with Crippen LogP contribution in [0.15, 0.2) is 79.3 Å². The van der Waals surface area contributed by atoms with Crippen molar-refractivity contribution in [3.8, 4) is 22.9 Å². The van der Waals surface area contributed by atoms with Gasteiger partial charge in [-0.25, -0.2) is 4.98 Å². The average Bonchev–Trinajstić information content (AvgIpc) is 3.41. The molecule has 0 saturated carbocycles. The highest BCUT2D eigenvalue weighted by Crippen LogP contribution is 2.29. The lowest BCUT2D eigenvalue weighted by Crippen LogP contribution is -2.22. The number of nitrogens with zero attached hydrogens (tertiary/aromatic N) is 4. The minimum atomic E-state index is -1.14. The summed E-state index contributed by atoms with van der Waals surface area (Å²) in [6.07, 6.45) is 5.76. The van der Waals surface area contributed by atoms with Crippen LogP contribution in [-0.2, 0) is 11.5 Å². The molecule has 5 rings (SSSR count). The number of rotatable bonds is 8. The zero-order chi connectivity index (χ0) is 22.8. The predicted octanol–water partition coefficient (Wildman–Crippen LogP) is 6.46. The third-order valence-corrected chi connectivity index (χ3v) is 7.33. The summed E-state index contributed by atoms with van der Waals surface area (Å²) in [5, 5.41) is 0. The van der Waals surface area contributed by atoms with Crippen molar-refractivity contribution in [2.45, 2.75) is 32.4 Å². The first-order valence-electron chi connectivity index (χ1n) is 11.2. The predicted molar refractivity (Wildman–Crippen MR) is 135 cm³/mol. The Morgan fingerprint density at radius 3 is 2.55 bits per heavy atom. The number of aromatic nitrogens is 4. The monoisotopic (exact) mass is 456 g/mol. The molecule has 0 saturated heterocycles. The molecule has 2 aromatic carbocycles. The number of fused-ring (bicyclic) bond motifs is 2. The summed E-state index contributed by atoms with van der Waals surface area (Å²) in [7, 11) is -1.14. The number of hydrogen-bond acceptors (Lipinski definition) is 4. The van der Waals surface area contributed by atoms with Crippen molar-refractivity contribution in [1.29, 1.82) is 0 Å². The molecule has 5 aromatic rings. The fourth-order valence-corrected chi connectivity index (χ4v) is 4.53. The summed E-state index contributed by atoms with van der Waals surface area (Å²) < 4.78 is 16.3. The van der Waals surface area contributed by atoms with Crippen LogP contribution in [0.2, 0.25) is 25.7 Å². The molecule has 0 fully saturated rings. The Balaban J connectivity index is 1.38. The molecule has 0 unspecified atom stereocenters. The van der Waals surface area contributed by atoms with E-state index in [0.717, 1.165) is 46.2 Å². The molecule has 0 bridgehead atoms. The van der Waals surface area contributed by atoms with Gasteiger partial charge < -0.3 is 13.9 Å². The van der Waals surface area contributed by atoms with Gasteiger partial charge in [0.15, 0.2) is 0 Å². The second kappa shape index (κ2) is 8.84. The van der Waals surface area contributed by atoms with Crippen molar-refractivity contribution in [2.75, 3.05) is 6.61 Å². The largest absolute Gasteiger partial charge is 0.425 e. The maximum atomic E-state index is 6.22. The van der Waals surface area contributed by atoms with Gasteiger partial charge >= 0.3 is 6.01 Å². The Morgan fingerprint density at radius 1 is 0.909 bits per heavy atom. The highest BCUT2D eigenvalue weighted by Gasteiger charge is 2.15. The molecule has 6 nitrogen and oxygen atoms in total. The summed E-state index contributed by atoms with van der Waals surface area (Å²) in [6.45, 7) is 8.23. The van der Waals surface area contributed by atoms with Crippen LogP contribution in [-0.4, -0.2) is 33.6 Å². The molecule has 0 aliphatic rings. The van der Waals surface area contributed by atoms with Gasteiger partial charge in [-0.15, -0.1) is 0 Å². The van der Waals surface area contributed by atoms with Crippen LogP contribution in [0.3, 0.4) is 0 Å². The molecular formula is C26H28N4O2Si. The number of ether oxygens (including phenoxy) is 2. The van der Waals surface area contributed by atoms with E-state index in [-0.39, 0.29) is 0 Å². The molecule has 0 aliphatic carbocycles. The second-order valence-electron chi connectivity index (χ2n) is 9.37. The van der Waals surface area contributed by atoms with Crippen molar-refractivity contribution >= 4 is 24.8 Å². The van der Waals surface area contributed by atoms with Crippen LogP contribution in [0, 0.1) is 0 Å². The van der Waals surface area contributed by atoms with Gasteiger partial charge in [0, 0.05) is 38.8 Å². The van der Waals surface area contributed by atoms with E-state index < -0.39 is 8.07 Å². The SMILES string of the molecule is C[Si](C)(C)CCOCn1c(Oc2ccc(-c3cccn4ccnc34)cc2)nc2ccccc21. The van der Waals surface area contributed by atoms with Gasteiger partial charge in [-0.05, 0) is 48.0 Å².